The van der Waals surface area contributed by atoms with Crippen molar-refractivity contribution in [3.8, 4) is 17.6 Å². The predicted molar refractivity (Wildman–Crippen MR) is 138 cm³/mol. The van der Waals surface area contributed by atoms with E-state index in [2.05, 4.69) is 10.3 Å². The van der Waals surface area contributed by atoms with Crippen LogP contribution in [-0.4, -0.2) is 32.2 Å². The van der Waals surface area contributed by atoms with Crippen molar-refractivity contribution in [2.24, 2.45) is 0 Å². The maximum Gasteiger partial charge on any atom is 0.271 e. The number of rotatable bonds is 8. The Morgan fingerprint density at radius 2 is 1.81 bits per heavy atom. The number of benzene rings is 3. The number of amides is 1. The van der Waals surface area contributed by atoms with E-state index in [0.717, 1.165) is 10.3 Å². The molecule has 36 heavy (non-hydrogen) atoms. The Morgan fingerprint density at radius 3 is 2.42 bits per heavy atom. The van der Waals surface area contributed by atoms with Crippen molar-refractivity contribution in [2.45, 2.75) is 24.8 Å². The molecule has 0 bridgehead atoms. The molecule has 3 aromatic carbocycles. The Balaban J connectivity index is 1.67. The SMILES string of the molecule is CCS(=O)(=O)c1ccc(C(Oc2ccc(C#N)cc2)C(=O)Nc2nc3ccc(C)c(OC)c3s2)cc1. The molecule has 4 aromatic rings. The average Bonchev–Trinajstić information content (AvgIpc) is 3.30. The topological polar surface area (TPSA) is 118 Å². The maximum absolute atomic E-state index is 13.4. The van der Waals surface area contributed by atoms with E-state index in [1.54, 1.807) is 50.4 Å². The molecule has 1 N–H and O–H groups in total. The first kappa shape index (κ1) is 25.2. The van der Waals surface area contributed by atoms with Crippen LogP contribution in [0.3, 0.4) is 0 Å². The van der Waals surface area contributed by atoms with Crippen LogP contribution >= 0.6 is 11.3 Å². The molecule has 10 heteroatoms. The number of nitriles is 1. The summed E-state index contributed by atoms with van der Waals surface area (Å²) in [5, 5.41) is 12.2. The minimum Gasteiger partial charge on any atom is -0.495 e. The zero-order valence-electron chi connectivity index (χ0n) is 19.8. The van der Waals surface area contributed by atoms with Gasteiger partial charge in [0.1, 0.15) is 11.5 Å². The minimum atomic E-state index is -3.39. The third-order valence-electron chi connectivity index (χ3n) is 5.54. The quantitative estimate of drug-likeness (QED) is 0.345. The molecule has 0 aliphatic heterocycles. The molecule has 1 unspecified atom stereocenters. The van der Waals surface area contributed by atoms with Gasteiger partial charge in [0.25, 0.3) is 5.91 Å². The second kappa shape index (κ2) is 10.4. The fraction of sp³-hybridized carbons (Fsp3) is 0.192. The Morgan fingerprint density at radius 1 is 1.11 bits per heavy atom. The van der Waals surface area contributed by atoms with Crippen LogP contribution in [0.25, 0.3) is 10.2 Å². The summed E-state index contributed by atoms with van der Waals surface area (Å²) in [4.78, 5) is 18.1. The van der Waals surface area contributed by atoms with E-state index in [0.29, 0.717) is 33.3 Å². The van der Waals surface area contributed by atoms with Crippen LogP contribution in [-0.2, 0) is 14.6 Å². The molecule has 1 amide bonds. The number of methoxy groups -OCH3 is 1. The smallest absolute Gasteiger partial charge is 0.271 e. The van der Waals surface area contributed by atoms with Crippen LogP contribution < -0.4 is 14.8 Å². The number of hydrogen-bond donors (Lipinski definition) is 1. The van der Waals surface area contributed by atoms with Crippen molar-refractivity contribution >= 4 is 42.4 Å². The van der Waals surface area contributed by atoms with Crippen molar-refractivity contribution < 1.29 is 22.7 Å². The lowest BCUT2D eigenvalue weighted by Gasteiger charge is -2.19. The van der Waals surface area contributed by atoms with Gasteiger partial charge in [-0.3, -0.25) is 10.1 Å². The average molecular weight is 522 g/mol. The van der Waals surface area contributed by atoms with Gasteiger partial charge in [-0.05, 0) is 55.0 Å². The van der Waals surface area contributed by atoms with Gasteiger partial charge in [0.15, 0.2) is 15.0 Å². The zero-order valence-corrected chi connectivity index (χ0v) is 21.4. The van der Waals surface area contributed by atoms with Gasteiger partial charge in [-0.25, -0.2) is 13.4 Å². The molecular weight excluding hydrogens is 498 g/mol. The fourth-order valence-corrected chi connectivity index (χ4v) is 5.51. The molecule has 0 fully saturated rings. The minimum absolute atomic E-state index is 0.0292. The highest BCUT2D eigenvalue weighted by Gasteiger charge is 2.25. The molecular formula is C26H23N3O5S2. The number of carbonyl (C=O) groups excluding carboxylic acids is 1. The molecule has 0 aliphatic rings. The van der Waals surface area contributed by atoms with Gasteiger partial charge >= 0.3 is 0 Å². The maximum atomic E-state index is 13.4. The first-order chi connectivity index (χ1) is 17.2. The van der Waals surface area contributed by atoms with Crippen LogP contribution in [0.15, 0.2) is 65.6 Å². The second-order valence-corrected chi connectivity index (χ2v) is 11.2. The molecule has 1 heterocycles. The standard InChI is InChI=1S/C26H23N3O5S2/c1-4-36(31,32)20-12-8-18(9-13-20)23(34-19-10-6-17(15-27)7-11-19)25(30)29-26-28-21-14-5-16(2)22(33-3)24(21)35-26/h5-14,23H,4H2,1-3H3,(H,28,29,30). The molecule has 184 valence electrons. The molecule has 4 rings (SSSR count). The normalized spacial score (nSPS) is 12.1. The van der Waals surface area contributed by atoms with E-state index in [-0.39, 0.29) is 10.6 Å². The largest absolute Gasteiger partial charge is 0.495 e. The van der Waals surface area contributed by atoms with E-state index < -0.39 is 21.8 Å². The highest BCUT2D eigenvalue weighted by Crippen LogP contribution is 2.36. The van der Waals surface area contributed by atoms with Gasteiger partial charge in [0, 0.05) is 5.56 Å². The second-order valence-electron chi connectivity index (χ2n) is 7.88. The molecule has 0 aliphatic carbocycles. The number of carbonyl (C=O) groups is 1. The summed E-state index contributed by atoms with van der Waals surface area (Å²) < 4.78 is 36.7. The van der Waals surface area contributed by atoms with Crippen LogP contribution in [0.1, 0.15) is 29.7 Å². The van der Waals surface area contributed by atoms with Gasteiger partial charge < -0.3 is 9.47 Å². The highest BCUT2D eigenvalue weighted by atomic mass is 32.2. The molecule has 0 radical (unpaired) electrons. The van der Waals surface area contributed by atoms with Crippen molar-refractivity contribution in [3.63, 3.8) is 0 Å². The predicted octanol–water partition coefficient (Wildman–Crippen LogP) is 5.04. The number of aromatic nitrogens is 1. The number of anilines is 1. The summed E-state index contributed by atoms with van der Waals surface area (Å²) in [5.74, 6) is 0.559. The third-order valence-corrected chi connectivity index (χ3v) is 8.28. The zero-order chi connectivity index (χ0) is 25.9. The van der Waals surface area contributed by atoms with Crippen LogP contribution in [0, 0.1) is 18.3 Å². The Labute approximate surface area is 213 Å². The molecule has 0 saturated heterocycles. The van der Waals surface area contributed by atoms with E-state index in [1.807, 2.05) is 25.1 Å². The summed E-state index contributed by atoms with van der Waals surface area (Å²) in [6.07, 6.45) is -1.10. The van der Waals surface area contributed by atoms with Crippen LogP contribution in [0.4, 0.5) is 5.13 Å². The third kappa shape index (κ3) is 5.17. The summed E-state index contributed by atoms with van der Waals surface area (Å²) in [5.41, 5.74) is 2.56. The van der Waals surface area contributed by atoms with Crippen molar-refractivity contribution in [1.29, 1.82) is 5.26 Å². The van der Waals surface area contributed by atoms with E-state index >= 15 is 0 Å². The van der Waals surface area contributed by atoms with Gasteiger partial charge in [-0.1, -0.05) is 36.5 Å². The molecule has 8 nitrogen and oxygen atoms in total. The van der Waals surface area contributed by atoms with E-state index in [4.69, 9.17) is 14.7 Å². The number of aryl methyl sites for hydroxylation is 1. The molecule has 1 atom stereocenters. The fourth-order valence-electron chi connectivity index (χ4n) is 3.58. The van der Waals surface area contributed by atoms with Gasteiger partial charge in [-0.2, -0.15) is 5.26 Å². The van der Waals surface area contributed by atoms with Gasteiger partial charge in [-0.15, -0.1) is 0 Å². The lowest BCUT2D eigenvalue weighted by molar-refractivity contribution is -0.123. The number of hydrogen-bond acceptors (Lipinski definition) is 8. The number of fused-ring (bicyclic) bond motifs is 1. The molecule has 0 spiro atoms. The van der Waals surface area contributed by atoms with Gasteiger partial charge in [0.2, 0.25) is 6.10 Å². The lowest BCUT2D eigenvalue weighted by Crippen LogP contribution is -2.25. The monoisotopic (exact) mass is 521 g/mol. The summed E-state index contributed by atoms with van der Waals surface area (Å²) in [7, 11) is -1.81. The van der Waals surface area contributed by atoms with E-state index in [9.17, 15) is 13.2 Å². The number of thiazole rings is 1. The van der Waals surface area contributed by atoms with Crippen molar-refractivity contribution in [1.82, 2.24) is 4.98 Å². The van der Waals surface area contributed by atoms with E-state index in [1.165, 1.54) is 23.5 Å². The highest BCUT2D eigenvalue weighted by molar-refractivity contribution is 7.91. The van der Waals surface area contributed by atoms with Gasteiger partial charge in [0.05, 0.1) is 39.6 Å². The lowest BCUT2D eigenvalue weighted by atomic mass is 10.1. The first-order valence-corrected chi connectivity index (χ1v) is 13.5. The Bertz CT molecular complexity index is 1550. The van der Waals surface area contributed by atoms with Crippen LogP contribution in [0.2, 0.25) is 0 Å². The number of ether oxygens (including phenoxy) is 2. The number of nitrogens with one attached hydrogen (secondary N) is 1. The molecule has 0 saturated carbocycles. The Hall–Kier alpha value is -3.94. The van der Waals surface area contributed by atoms with Crippen molar-refractivity contribution in [2.75, 3.05) is 18.2 Å². The first-order valence-electron chi connectivity index (χ1n) is 11.0. The number of nitrogens with zero attached hydrogens (tertiary/aromatic N) is 2. The Kier molecular flexibility index (Phi) is 7.24. The number of sulfone groups is 1. The summed E-state index contributed by atoms with van der Waals surface area (Å²) in [6.45, 7) is 3.50. The molecule has 1 aromatic heterocycles. The summed E-state index contributed by atoms with van der Waals surface area (Å²) >= 11 is 1.28. The summed E-state index contributed by atoms with van der Waals surface area (Å²) in [6, 6.07) is 18.2. The van der Waals surface area contributed by atoms with Crippen LogP contribution in [0.5, 0.6) is 11.5 Å². The van der Waals surface area contributed by atoms with Crippen molar-refractivity contribution in [3.05, 3.63) is 77.4 Å².